The highest BCUT2D eigenvalue weighted by Crippen LogP contribution is 2.13. The van der Waals surface area contributed by atoms with Crippen molar-refractivity contribution < 1.29 is 4.79 Å². The second-order valence-corrected chi connectivity index (χ2v) is 2.41. The molecule has 0 saturated carbocycles. The summed E-state index contributed by atoms with van der Waals surface area (Å²) in [6.45, 7) is 3.69. The molecule has 9 heavy (non-hydrogen) atoms. The maximum atomic E-state index is 10.1. The highest BCUT2D eigenvalue weighted by molar-refractivity contribution is 6.55. The Morgan fingerprint density at radius 2 is 2.33 bits per heavy atom. The summed E-state index contributed by atoms with van der Waals surface area (Å²) in [5, 5.41) is 0. The van der Waals surface area contributed by atoms with Crippen LogP contribution in [0.25, 0.3) is 0 Å². The minimum absolute atomic E-state index is 0.407. The average molecular weight is 124 g/mol. The van der Waals surface area contributed by atoms with Gasteiger partial charge in [-0.1, -0.05) is 0 Å². The van der Waals surface area contributed by atoms with Crippen LogP contribution in [0.1, 0.15) is 13.8 Å². The maximum Gasteiger partial charge on any atom is 0.169 e. The Kier molecular flexibility index (Phi) is 1.20. The molecule has 0 aromatic rings. The zero-order valence-electron chi connectivity index (χ0n) is 5.46. The van der Waals surface area contributed by atoms with Gasteiger partial charge in [0.2, 0.25) is 0 Å². The minimum Gasteiger partial charge on any atom is -0.296 e. The Balaban J connectivity index is 2.86. The molecule has 0 saturated heterocycles. The fraction of sp³-hybridized carbons (Fsp3) is 0.500. The summed E-state index contributed by atoms with van der Waals surface area (Å²) < 4.78 is 0. The van der Waals surface area contributed by atoms with Gasteiger partial charge in [0.15, 0.2) is 6.29 Å². The first-order valence-corrected chi connectivity index (χ1v) is 2.74. The van der Waals surface area contributed by atoms with Crippen molar-refractivity contribution in [3.63, 3.8) is 0 Å². The van der Waals surface area contributed by atoms with E-state index < -0.39 is 5.66 Å². The normalized spacial score (nSPS) is 21.8. The Hall–Kier alpha value is -0.990. The van der Waals surface area contributed by atoms with E-state index in [1.807, 2.05) is 13.8 Å². The van der Waals surface area contributed by atoms with Crippen molar-refractivity contribution in [1.82, 2.24) is 0 Å². The molecule has 3 heteroatoms. The molecule has 0 radical (unpaired) electrons. The summed E-state index contributed by atoms with van der Waals surface area (Å²) in [6.07, 6.45) is 2.20. The number of rotatable bonds is 1. The second kappa shape index (κ2) is 1.76. The molecule has 0 unspecified atom stereocenters. The van der Waals surface area contributed by atoms with E-state index in [-0.39, 0.29) is 0 Å². The van der Waals surface area contributed by atoms with Gasteiger partial charge in [0.05, 0.1) is 6.21 Å². The fourth-order valence-electron chi connectivity index (χ4n) is 0.655. The molecule has 1 aliphatic rings. The Morgan fingerprint density at radius 1 is 1.67 bits per heavy atom. The second-order valence-electron chi connectivity index (χ2n) is 2.41. The summed E-state index contributed by atoms with van der Waals surface area (Å²) in [7, 11) is 0. The number of carbonyl (C=O) groups is 1. The topological polar surface area (TPSA) is 41.8 Å². The molecule has 1 rings (SSSR count). The van der Waals surface area contributed by atoms with Gasteiger partial charge in [0, 0.05) is 0 Å². The molecule has 0 aromatic carbocycles. The van der Waals surface area contributed by atoms with Crippen molar-refractivity contribution in [1.29, 1.82) is 0 Å². The van der Waals surface area contributed by atoms with E-state index in [2.05, 4.69) is 9.98 Å². The van der Waals surface area contributed by atoms with Crippen LogP contribution in [0.3, 0.4) is 0 Å². The summed E-state index contributed by atoms with van der Waals surface area (Å²) in [4.78, 5) is 18.0. The van der Waals surface area contributed by atoms with E-state index >= 15 is 0 Å². The molecule has 0 spiro atoms. The van der Waals surface area contributed by atoms with Crippen LogP contribution in [0.5, 0.6) is 0 Å². The molecule has 0 atom stereocenters. The zero-order valence-corrected chi connectivity index (χ0v) is 5.46. The molecule has 48 valence electrons. The predicted molar refractivity (Wildman–Crippen MR) is 36.1 cm³/mol. The lowest BCUT2D eigenvalue weighted by Crippen LogP contribution is -2.09. The number of aliphatic imine (C=N–C) groups is 2. The zero-order chi connectivity index (χ0) is 6.91. The third kappa shape index (κ3) is 1.22. The molecule has 0 amide bonds. The minimum atomic E-state index is -0.407. The SMILES string of the molecule is CC1(C)N=CC(C=O)=N1. The van der Waals surface area contributed by atoms with Crippen LogP contribution in [0.4, 0.5) is 0 Å². The Bertz CT molecular complexity index is 191. The third-order valence-electron chi connectivity index (χ3n) is 1.04. The highest BCUT2D eigenvalue weighted by Gasteiger charge is 2.18. The standard InChI is InChI=1S/C6H8N2O/c1-6(2)7-3-5(4-9)8-6/h3-4H,1-2H3. The quantitative estimate of drug-likeness (QED) is 0.468. The van der Waals surface area contributed by atoms with Crippen LogP contribution in [0, 0.1) is 0 Å². The third-order valence-corrected chi connectivity index (χ3v) is 1.04. The van der Waals surface area contributed by atoms with Gasteiger partial charge in [-0.25, -0.2) is 0 Å². The maximum absolute atomic E-state index is 10.1. The van der Waals surface area contributed by atoms with Gasteiger partial charge in [0.1, 0.15) is 11.4 Å². The van der Waals surface area contributed by atoms with Gasteiger partial charge in [-0.05, 0) is 13.8 Å². The number of hydrogen-bond donors (Lipinski definition) is 0. The molecule has 1 aliphatic heterocycles. The Labute approximate surface area is 53.5 Å². The fourth-order valence-corrected chi connectivity index (χ4v) is 0.655. The molecule has 0 bridgehead atoms. The van der Waals surface area contributed by atoms with Crippen LogP contribution < -0.4 is 0 Å². The largest absolute Gasteiger partial charge is 0.296 e. The van der Waals surface area contributed by atoms with E-state index in [1.165, 1.54) is 6.21 Å². The first-order valence-electron chi connectivity index (χ1n) is 2.74. The predicted octanol–water partition coefficient (Wildman–Crippen LogP) is 0.447. The van der Waals surface area contributed by atoms with Crippen molar-refractivity contribution in [2.75, 3.05) is 0 Å². The first-order chi connectivity index (χ1) is 4.14. The molecule has 0 fully saturated rings. The van der Waals surface area contributed by atoms with Gasteiger partial charge in [-0.3, -0.25) is 14.8 Å². The van der Waals surface area contributed by atoms with Crippen molar-refractivity contribution in [3.05, 3.63) is 0 Å². The van der Waals surface area contributed by atoms with Gasteiger partial charge >= 0.3 is 0 Å². The molecular formula is C6H8N2O. The lowest BCUT2D eigenvalue weighted by atomic mass is 10.3. The summed E-state index contributed by atoms with van der Waals surface area (Å²) in [5.41, 5.74) is 0.0241. The van der Waals surface area contributed by atoms with Crippen LogP contribution in [-0.4, -0.2) is 23.9 Å². The van der Waals surface area contributed by atoms with E-state index in [9.17, 15) is 4.79 Å². The monoisotopic (exact) mass is 124 g/mol. The molecule has 0 N–H and O–H groups in total. The van der Waals surface area contributed by atoms with Gasteiger partial charge < -0.3 is 0 Å². The summed E-state index contributed by atoms with van der Waals surface area (Å²) >= 11 is 0. The van der Waals surface area contributed by atoms with Crippen LogP contribution >= 0.6 is 0 Å². The van der Waals surface area contributed by atoms with E-state index in [4.69, 9.17) is 0 Å². The van der Waals surface area contributed by atoms with Crippen LogP contribution in [-0.2, 0) is 4.79 Å². The summed E-state index contributed by atoms with van der Waals surface area (Å²) in [5.74, 6) is 0. The smallest absolute Gasteiger partial charge is 0.169 e. The molecular weight excluding hydrogens is 116 g/mol. The van der Waals surface area contributed by atoms with Crippen molar-refractivity contribution >= 4 is 18.2 Å². The molecule has 0 aliphatic carbocycles. The number of carbonyl (C=O) groups excluding carboxylic acids is 1. The highest BCUT2D eigenvalue weighted by atomic mass is 16.1. The first kappa shape index (κ1) is 6.13. The van der Waals surface area contributed by atoms with E-state index in [0.29, 0.717) is 12.0 Å². The lowest BCUT2D eigenvalue weighted by molar-refractivity contribution is -0.102. The van der Waals surface area contributed by atoms with E-state index in [0.717, 1.165) is 0 Å². The van der Waals surface area contributed by atoms with Gasteiger partial charge in [-0.15, -0.1) is 0 Å². The van der Waals surface area contributed by atoms with Crippen molar-refractivity contribution in [2.45, 2.75) is 19.5 Å². The van der Waals surface area contributed by atoms with Crippen molar-refractivity contribution in [2.24, 2.45) is 9.98 Å². The average Bonchev–Trinajstić information content (AvgIpc) is 2.10. The molecule has 3 nitrogen and oxygen atoms in total. The van der Waals surface area contributed by atoms with Crippen LogP contribution in [0.2, 0.25) is 0 Å². The number of hydrogen-bond acceptors (Lipinski definition) is 3. The molecule has 0 aromatic heterocycles. The van der Waals surface area contributed by atoms with Gasteiger partial charge in [0.25, 0.3) is 0 Å². The molecule has 1 heterocycles. The van der Waals surface area contributed by atoms with Crippen LogP contribution in [0.15, 0.2) is 9.98 Å². The number of aldehydes is 1. The Morgan fingerprint density at radius 3 is 2.56 bits per heavy atom. The summed E-state index contributed by atoms with van der Waals surface area (Å²) in [6, 6.07) is 0. The van der Waals surface area contributed by atoms with Crippen molar-refractivity contribution in [3.8, 4) is 0 Å². The van der Waals surface area contributed by atoms with Gasteiger partial charge in [-0.2, -0.15) is 0 Å². The lowest BCUT2D eigenvalue weighted by Gasteiger charge is -2.06. The van der Waals surface area contributed by atoms with E-state index in [1.54, 1.807) is 0 Å². The number of nitrogens with zero attached hydrogens (tertiary/aromatic N) is 2.